The monoisotopic (exact) mass is 278 g/mol. The molecule has 2 fully saturated rings. The third-order valence-corrected chi connectivity index (χ3v) is 5.21. The normalized spacial score (nSPS) is 31.4. The van der Waals surface area contributed by atoms with Crippen LogP contribution >= 0.6 is 0 Å². The van der Waals surface area contributed by atoms with Crippen molar-refractivity contribution < 1.29 is 17.9 Å². The van der Waals surface area contributed by atoms with Crippen LogP contribution in [0.25, 0.3) is 0 Å². The van der Waals surface area contributed by atoms with E-state index in [0.29, 0.717) is 32.7 Å². The molecule has 2 rings (SSSR count). The minimum Gasteiger partial charge on any atom is -0.379 e. The number of nitrogens with one attached hydrogen (secondary N) is 1. The zero-order valence-corrected chi connectivity index (χ0v) is 11.6. The fourth-order valence-corrected chi connectivity index (χ4v) is 3.99. The summed E-state index contributed by atoms with van der Waals surface area (Å²) < 4.78 is 39.3. The van der Waals surface area contributed by atoms with Crippen molar-refractivity contribution in [3.05, 3.63) is 0 Å². The third kappa shape index (κ3) is 3.42. The second kappa shape index (κ2) is 6.29. The van der Waals surface area contributed by atoms with Gasteiger partial charge in [-0.3, -0.25) is 0 Å². The molecule has 2 saturated heterocycles. The fraction of sp³-hybridized carbons (Fsp3) is 1.00. The van der Waals surface area contributed by atoms with Gasteiger partial charge in [0.1, 0.15) is 0 Å². The smallest absolute Gasteiger partial charge is 0.279 e. The van der Waals surface area contributed by atoms with Crippen molar-refractivity contribution in [2.75, 3.05) is 33.4 Å². The summed E-state index contributed by atoms with van der Waals surface area (Å²) in [6.45, 7) is 2.27. The van der Waals surface area contributed by atoms with Gasteiger partial charge in [0.05, 0.1) is 18.8 Å². The Morgan fingerprint density at radius 3 is 2.67 bits per heavy atom. The van der Waals surface area contributed by atoms with Crippen LogP contribution in [0.4, 0.5) is 0 Å². The lowest BCUT2D eigenvalue weighted by Gasteiger charge is -2.33. The van der Waals surface area contributed by atoms with Crippen LogP contribution in [0.3, 0.4) is 0 Å². The topological polar surface area (TPSA) is 67.9 Å². The van der Waals surface area contributed by atoms with Crippen molar-refractivity contribution in [2.45, 2.75) is 37.8 Å². The minimum absolute atomic E-state index is 0.185. The van der Waals surface area contributed by atoms with Crippen molar-refractivity contribution in [1.82, 2.24) is 9.03 Å². The molecule has 2 heterocycles. The maximum atomic E-state index is 12.2. The summed E-state index contributed by atoms with van der Waals surface area (Å²) in [5.74, 6) is 0. The first-order chi connectivity index (χ1) is 8.63. The molecular formula is C11H22N2O4S. The second-order valence-corrected chi connectivity index (χ2v) is 6.53. The zero-order valence-electron chi connectivity index (χ0n) is 10.8. The van der Waals surface area contributed by atoms with E-state index in [-0.39, 0.29) is 12.1 Å². The Balaban J connectivity index is 1.97. The highest BCUT2D eigenvalue weighted by Crippen LogP contribution is 2.16. The van der Waals surface area contributed by atoms with Crippen LogP contribution in [0.5, 0.6) is 0 Å². The first kappa shape index (κ1) is 14.2. The second-order valence-electron chi connectivity index (χ2n) is 4.83. The van der Waals surface area contributed by atoms with Gasteiger partial charge in [0.2, 0.25) is 0 Å². The van der Waals surface area contributed by atoms with Gasteiger partial charge in [-0.2, -0.15) is 17.4 Å². The maximum Gasteiger partial charge on any atom is 0.279 e. The first-order valence-electron chi connectivity index (χ1n) is 6.51. The van der Waals surface area contributed by atoms with E-state index in [1.54, 1.807) is 11.4 Å². The van der Waals surface area contributed by atoms with Crippen LogP contribution in [0.2, 0.25) is 0 Å². The van der Waals surface area contributed by atoms with E-state index in [0.717, 1.165) is 19.3 Å². The number of nitrogens with zero attached hydrogens (tertiary/aromatic N) is 1. The Kier molecular flexibility index (Phi) is 4.97. The molecule has 0 unspecified atom stereocenters. The van der Waals surface area contributed by atoms with Crippen molar-refractivity contribution in [3.8, 4) is 0 Å². The lowest BCUT2D eigenvalue weighted by molar-refractivity contribution is -0.0451. The van der Waals surface area contributed by atoms with Crippen LogP contribution < -0.4 is 4.72 Å². The number of methoxy groups -OCH3 is 1. The van der Waals surface area contributed by atoms with Gasteiger partial charge >= 0.3 is 0 Å². The average molecular weight is 278 g/mol. The molecule has 0 bridgehead atoms. The van der Waals surface area contributed by atoms with Crippen LogP contribution in [0, 0.1) is 0 Å². The van der Waals surface area contributed by atoms with Crippen molar-refractivity contribution in [1.29, 1.82) is 0 Å². The SMILES string of the molecule is CO[C@H]1COCC[C@@H]1NS(=O)(=O)N1CCCCC1. The third-order valence-electron chi connectivity index (χ3n) is 3.56. The molecule has 0 aliphatic carbocycles. The highest BCUT2D eigenvalue weighted by Gasteiger charge is 2.32. The minimum atomic E-state index is -3.38. The van der Waals surface area contributed by atoms with Crippen LogP contribution in [-0.2, 0) is 19.7 Å². The summed E-state index contributed by atoms with van der Waals surface area (Å²) >= 11 is 0. The lowest BCUT2D eigenvalue weighted by Crippen LogP contribution is -2.54. The summed E-state index contributed by atoms with van der Waals surface area (Å²) in [5.41, 5.74) is 0. The van der Waals surface area contributed by atoms with Gasteiger partial charge in [-0.25, -0.2) is 0 Å². The summed E-state index contributed by atoms with van der Waals surface area (Å²) in [7, 11) is -1.79. The molecule has 0 aromatic carbocycles. The molecule has 0 radical (unpaired) electrons. The van der Waals surface area contributed by atoms with Crippen LogP contribution in [0.1, 0.15) is 25.7 Å². The maximum absolute atomic E-state index is 12.2. The van der Waals surface area contributed by atoms with E-state index in [9.17, 15) is 8.42 Å². The Hall–Kier alpha value is -0.210. The summed E-state index contributed by atoms with van der Waals surface area (Å²) in [5, 5.41) is 0. The van der Waals surface area contributed by atoms with E-state index in [2.05, 4.69) is 4.72 Å². The van der Waals surface area contributed by atoms with Gasteiger partial charge in [-0.1, -0.05) is 6.42 Å². The Bertz CT molecular complexity index is 354. The molecule has 2 aliphatic heterocycles. The Labute approximate surface area is 109 Å². The molecule has 2 aliphatic rings. The lowest BCUT2D eigenvalue weighted by atomic mass is 10.1. The number of hydrogen-bond acceptors (Lipinski definition) is 4. The van der Waals surface area contributed by atoms with E-state index < -0.39 is 10.2 Å². The highest BCUT2D eigenvalue weighted by molar-refractivity contribution is 7.87. The molecule has 0 saturated carbocycles. The van der Waals surface area contributed by atoms with Gasteiger partial charge in [0.15, 0.2) is 0 Å². The van der Waals surface area contributed by atoms with Crippen molar-refractivity contribution in [2.24, 2.45) is 0 Å². The number of hydrogen-bond donors (Lipinski definition) is 1. The van der Waals surface area contributed by atoms with Gasteiger partial charge in [0.25, 0.3) is 10.2 Å². The summed E-state index contributed by atoms with van der Waals surface area (Å²) in [6, 6.07) is -0.185. The molecule has 0 amide bonds. The van der Waals surface area contributed by atoms with E-state index in [1.165, 1.54) is 0 Å². The largest absolute Gasteiger partial charge is 0.379 e. The van der Waals surface area contributed by atoms with Crippen molar-refractivity contribution >= 4 is 10.2 Å². The van der Waals surface area contributed by atoms with Crippen LogP contribution in [0.15, 0.2) is 0 Å². The molecule has 0 aromatic rings. The van der Waals surface area contributed by atoms with Gasteiger partial charge in [0, 0.05) is 26.8 Å². The van der Waals surface area contributed by atoms with E-state index >= 15 is 0 Å². The summed E-state index contributed by atoms with van der Waals surface area (Å²) in [6.07, 6.45) is 3.47. The predicted molar refractivity (Wildman–Crippen MR) is 67.5 cm³/mol. The predicted octanol–water partition coefficient (Wildman–Crippen LogP) is 0.111. The molecular weight excluding hydrogens is 256 g/mol. The standard InChI is InChI=1S/C11H22N2O4S/c1-16-11-9-17-8-5-10(11)12-18(14,15)13-6-3-2-4-7-13/h10-12H,2-9H2,1H3/t10-,11-/m0/s1. The Morgan fingerprint density at radius 2 is 2.00 bits per heavy atom. The molecule has 106 valence electrons. The molecule has 1 N–H and O–H groups in total. The molecule has 2 atom stereocenters. The molecule has 0 spiro atoms. The number of rotatable bonds is 4. The quantitative estimate of drug-likeness (QED) is 0.792. The van der Waals surface area contributed by atoms with Gasteiger partial charge in [-0.15, -0.1) is 0 Å². The summed E-state index contributed by atoms with van der Waals surface area (Å²) in [4.78, 5) is 0. The number of piperidine rings is 1. The molecule has 7 heteroatoms. The fourth-order valence-electron chi connectivity index (χ4n) is 2.45. The first-order valence-corrected chi connectivity index (χ1v) is 7.95. The average Bonchev–Trinajstić information content (AvgIpc) is 2.40. The molecule has 6 nitrogen and oxygen atoms in total. The number of ether oxygens (including phenoxy) is 2. The molecule has 0 aromatic heterocycles. The van der Waals surface area contributed by atoms with Crippen LogP contribution in [-0.4, -0.2) is 58.3 Å². The van der Waals surface area contributed by atoms with Gasteiger partial charge < -0.3 is 9.47 Å². The van der Waals surface area contributed by atoms with E-state index in [1.807, 2.05) is 0 Å². The highest BCUT2D eigenvalue weighted by atomic mass is 32.2. The Morgan fingerprint density at radius 1 is 1.28 bits per heavy atom. The van der Waals surface area contributed by atoms with Crippen molar-refractivity contribution in [3.63, 3.8) is 0 Å². The molecule has 18 heavy (non-hydrogen) atoms. The van der Waals surface area contributed by atoms with Gasteiger partial charge in [-0.05, 0) is 19.3 Å². The zero-order chi connectivity index (χ0) is 13.0. The van der Waals surface area contributed by atoms with E-state index in [4.69, 9.17) is 9.47 Å².